The van der Waals surface area contributed by atoms with Crippen LogP contribution in [0.3, 0.4) is 0 Å². The van der Waals surface area contributed by atoms with Crippen LogP contribution in [0.15, 0.2) is 78.9 Å². The molecule has 0 aromatic heterocycles. The fraction of sp³-hybridized carbons (Fsp3) is 0.0526. The molecule has 0 heterocycles. The number of phenolic OH excluding ortho intramolecular Hbond substituents is 1. The molecule has 104 valence electrons. The van der Waals surface area contributed by atoms with Crippen molar-refractivity contribution in [2.45, 2.75) is 6.61 Å². The minimum absolute atomic E-state index is 0.265. The van der Waals surface area contributed by atoms with E-state index in [1.807, 2.05) is 66.7 Å². The zero-order valence-corrected chi connectivity index (χ0v) is 11.6. The zero-order valence-electron chi connectivity index (χ0n) is 11.6. The maximum absolute atomic E-state index is 9.39. The third kappa shape index (κ3) is 3.23. The Morgan fingerprint density at radius 1 is 0.714 bits per heavy atom. The summed E-state index contributed by atoms with van der Waals surface area (Å²) in [5.74, 6) is 1.11. The first-order valence-corrected chi connectivity index (χ1v) is 6.88. The Kier molecular flexibility index (Phi) is 3.88. The Morgan fingerprint density at radius 2 is 1.38 bits per heavy atom. The number of aromatic hydroxyl groups is 1. The standard InChI is InChI=1S/C19H16O2/c20-17-12-10-16(11-13-17)18-8-4-5-9-19(18)21-14-15-6-2-1-3-7-15/h1-13,20H,14H2. The van der Waals surface area contributed by atoms with Crippen molar-refractivity contribution < 1.29 is 9.84 Å². The highest BCUT2D eigenvalue weighted by molar-refractivity contribution is 5.70. The first-order valence-electron chi connectivity index (χ1n) is 6.88. The van der Waals surface area contributed by atoms with Gasteiger partial charge in [0, 0.05) is 5.56 Å². The van der Waals surface area contributed by atoms with Crippen LogP contribution in [-0.4, -0.2) is 5.11 Å². The maximum atomic E-state index is 9.39. The number of hydrogen-bond acceptors (Lipinski definition) is 2. The molecule has 0 saturated heterocycles. The molecule has 0 aliphatic rings. The zero-order chi connectivity index (χ0) is 14.5. The summed E-state index contributed by atoms with van der Waals surface area (Å²) in [6.07, 6.45) is 0. The van der Waals surface area contributed by atoms with Gasteiger partial charge in [-0.2, -0.15) is 0 Å². The minimum Gasteiger partial charge on any atom is -0.508 e. The highest BCUT2D eigenvalue weighted by atomic mass is 16.5. The van der Waals surface area contributed by atoms with Crippen LogP contribution >= 0.6 is 0 Å². The van der Waals surface area contributed by atoms with Gasteiger partial charge in [-0.25, -0.2) is 0 Å². The van der Waals surface area contributed by atoms with Gasteiger partial charge in [0.2, 0.25) is 0 Å². The average Bonchev–Trinajstić information content (AvgIpc) is 2.55. The molecule has 1 N–H and O–H groups in total. The number of phenols is 1. The SMILES string of the molecule is Oc1ccc(-c2ccccc2OCc2ccccc2)cc1. The van der Waals surface area contributed by atoms with Gasteiger partial charge in [-0.1, -0.05) is 60.7 Å². The predicted octanol–water partition coefficient (Wildman–Crippen LogP) is 4.64. The third-order valence-corrected chi connectivity index (χ3v) is 3.30. The second-order valence-corrected chi connectivity index (χ2v) is 4.82. The molecule has 2 nitrogen and oxygen atoms in total. The lowest BCUT2D eigenvalue weighted by Gasteiger charge is -2.12. The van der Waals surface area contributed by atoms with E-state index in [1.54, 1.807) is 12.1 Å². The van der Waals surface area contributed by atoms with E-state index in [9.17, 15) is 5.11 Å². The molecular formula is C19H16O2. The highest BCUT2D eigenvalue weighted by Crippen LogP contribution is 2.31. The molecule has 0 fully saturated rings. The first-order chi connectivity index (χ1) is 10.3. The molecule has 0 unspecified atom stereocenters. The molecule has 0 saturated carbocycles. The molecular weight excluding hydrogens is 260 g/mol. The van der Waals surface area contributed by atoms with Crippen molar-refractivity contribution in [1.82, 2.24) is 0 Å². The van der Waals surface area contributed by atoms with Gasteiger partial charge >= 0.3 is 0 Å². The average molecular weight is 276 g/mol. The number of para-hydroxylation sites is 1. The predicted molar refractivity (Wildman–Crippen MR) is 84.3 cm³/mol. The van der Waals surface area contributed by atoms with Crippen molar-refractivity contribution >= 4 is 0 Å². The van der Waals surface area contributed by atoms with Crippen molar-refractivity contribution in [1.29, 1.82) is 0 Å². The van der Waals surface area contributed by atoms with Crippen molar-refractivity contribution in [2.24, 2.45) is 0 Å². The van der Waals surface area contributed by atoms with E-state index >= 15 is 0 Å². The van der Waals surface area contributed by atoms with Gasteiger partial charge in [-0.15, -0.1) is 0 Å². The summed E-state index contributed by atoms with van der Waals surface area (Å²) in [7, 11) is 0. The van der Waals surface area contributed by atoms with E-state index in [0.717, 1.165) is 22.4 Å². The van der Waals surface area contributed by atoms with Gasteiger partial charge < -0.3 is 9.84 Å². The summed E-state index contributed by atoms with van der Waals surface area (Å²) < 4.78 is 5.95. The maximum Gasteiger partial charge on any atom is 0.127 e. The van der Waals surface area contributed by atoms with E-state index < -0.39 is 0 Å². The van der Waals surface area contributed by atoms with Gasteiger partial charge in [0.05, 0.1) is 0 Å². The fourth-order valence-corrected chi connectivity index (χ4v) is 2.21. The molecule has 3 rings (SSSR count). The second-order valence-electron chi connectivity index (χ2n) is 4.82. The third-order valence-electron chi connectivity index (χ3n) is 3.30. The molecule has 21 heavy (non-hydrogen) atoms. The van der Waals surface area contributed by atoms with Gasteiger partial charge in [0.25, 0.3) is 0 Å². The second kappa shape index (κ2) is 6.14. The number of benzene rings is 3. The Balaban J connectivity index is 1.84. The summed E-state index contributed by atoms with van der Waals surface area (Å²) in [6, 6.07) is 25.2. The number of hydrogen-bond donors (Lipinski definition) is 1. The lowest BCUT2D eigenvalue weighted by atomic mass is 10.0. The van der Waals surface area contributed by atoms with Gasteiger partial charge in [-0.3, -0.25) is 0 Å². The lowest BCUT2D eigenvalue weighted by Crippen LogP contribution is -1.96. The van der Waals surface area contributed by atoms with Crippen LogP contribution in [0.2, 0.25) is 0 Å². The van der Waals surface area contributed by atoms with Crippen LogP contribution in [-0.2, 0) is 6.61 Å². The van der Waals surface area contributed by atoms with E-state index in [0.29, 0.717) is 6.61 Å². The monoisotopic (exact) mass is 276 g/mol. The highest BCUT2D eigenvalue weighted by Gasteiger charge is 2.06. The van der Waals surface area contributed by atoms with Crippen molar-refractivity contribution in [3.8, 4) is 22.6 Å². The van der Waals surface area contributed by atoms with E-state index in [2.05, 4.69) is 0 Å². The minimum atomic E-state index is 0.265. The van der Waals surface area contributed by atoms with Crippen molar-refractivity contribution in [2.75, 3.05) is 0 Å². The molecule has 0 aliphatic heterocycles. The normalized spacial score (nSPS) is 10.3. The molecule has 0 atom stereocenters. The smallest absolute Gasteiger partial charge is 0.127 e. The van der Waals surface area contributed by atoms with Gasteiger partial charge in [0.1, 0.15) is 18.1 Å². The summed E-state index contributed by atoms with van der Waals surface area (Å²) in [6.45, 7) is 0.538. The van der Waals surface area contributed by atoms with Crippen LogP contribution in [0.4, 0.5) is 0 Å². The van der Waals surface area contributed by atoms with Crippen molar-refractivity contribution in [3.63, 3.8) is 0 Å². The Labute approximate surface area is 124 Å². The van der Waals surface area contributed by atoms with Crippen LogP contribution < -0.4 is 4.74 Å². The summed E-state index contributed by atoms with van der Waals surface area (Å²) in [5.41, 5.74) is 3.18. The van der Waals surface area contributed by atoms with Crippen LogP contribution in [0.1, 0.15) is 5.56 Å². The molecule has 0 spiro atoms. The topological polar surface area (TPSA) is 29.5 Å². The van der Waals surface area contributed by atoms with E-state index in [-0.39, 0.29) is 5.75 Å². The quantitative estimate of drug-likeness (QED) is 0.752. The molecule has 0 aliphatic carbocycles. The molecule has 0 radical (unpaired) electrons. The number of ether oxygens (including phenoxy) is 1. The molecule has 0 bridgehead atoms. The Morgan fingerprint density at radius 3 is 2.14 bits per heavy atom. The van der Waals surface area contributed by atoms with E-state index in [1.165, 1.54) is 0 Å². The summed E-state index contributed by atoms with van der Waals surface area (Å²) in [5, 5.41) is 9.39. The molecule has 0 amide bonds. The van der Waals surface area contributed by atoms with Crippen LogP contribution in [0, 0.1) is 0 Å². The lowest BCUT2D eigenvalue weighted by molar-refractivity contribution is 0.307. The van der Waals surface area contributed by atoms with Crippen LogP contribution in [0.5, 0.6) is 11.5 Å². The fourth-order valence-electron chi connectivity index (χ4n) is 2.21. The summed E-state index contributed by atoms with van der Waals surface area (Å²) in [4.78, 5) is 0. The molecule has 3 aromatic rings. The Hall–Kier alpha value is -2.74. The number of rotatable bonds is 4. The summed E-state index contributed by atoms with van der Waals surface area (Å²) >= 11 is 0. The molecule has 3 aromatic carbocycles. The van der Waals surface area contributed by atoms with Gasteiger partial charge in [-0.05, 0) is 29.3 Å². The molecule has 2 heteroatoms. The Bertz CT molecular complexity index is 703. The van der Waals surface area contributed by atoms with Gasteiger partial charge in [0.15, 0.2) is 0 Å². The van der Waals surface area contributed by atoms with E-state index in [4.69, 9.17) is 4.74 Å². The first kappa shape index (κ1) is 13.3. The van der Waals surface area contributed by atoms with Crippen molar-refractivity contribution in [3.05, 3.63) is 84.4 Å². The van der Waals surface area contributed by atoms with Crippen LogP contribution in [0.25, 0.3) is 11.1 Å². The largest absolute Gasteiger partial charge is 0.508 e.